The molecule has 1 aliphatic rings. The van der Waals surface area contributed by atoms with E-state index in [9.17, 15) is 4.79 Å². The number of amides is 1. The van der Waals surface area contributed by atoms with Crippen molar-refractivity contribution < 1.29 is 9.53 Å². The lowest BCUT2D eigenvalue weighted by atomic mass is 9.86. The maximum atomic E-state index is 12.7. The fraction of sp³-hybridized carbons (Fsp3) is 0.611. The molecule has 1 aromatic carbocycles. The molecule has 0 bridgehead atoms. The number of carbonyl (C=O) groups excluding carboxylic acids is 1. The van der Waals surface area contributed by atoms with Gasteiger partial charge in [0.1, 0.15) is 5.75 Å². The summed E-state index contributed by atoms with van der Waals surface area (Å²) in [4.78, 5) is 14.6. The third-order valence-corrected chi connectivity index (χ3v) is 4.64. The zero-order valence-corrected chi connectivity index (χ0v) is 15.5. The average molecular weight is 341 g/mol. The lowest BCUT2D eigenvalue weighted by Crippen LogP contribution is -2.51. The van der Waals surface area contributed by atoms with Crippen LogP contribution in [0.3, 0.4) is 0 Å². The van der Waals surface area contributed by atoms with Gasteiger partial charge in [0.25, 0.3) is 0 Å². The Morgan fingerprint density at radius 3 is 2.35 bits per heavy atom. The first kappa shape index (κ1) is 19.8. The lowest BCUT2D eigenvalue weighted by molar-refractivity contribution is -0.135. The van der Waals surface area contributed by atoms with Crippen molar-refractivity contribution in [3.63, 3.8) is 0 Å². The summed E-state index contributed by atoms with van der Waals surface area (Å²) in [5, 5.41) is 0. The zero-order chi connectivity index (χ0) is 16.5. The van der Waals surface area contributed by atoms with E-state index in [2.05, 4.69) is 19.1 Å². The molecule has 2 rings (SSSR count). The van der Waals surface area contributed by atoms with E-state index in [1.165, 1.54) is 5.56 Å². The molecular formula is C18H29ClN2O2. The quantitative estimate of drug-likeness (QED) is 0.919. The molecule has 2 unspecified atom stereocenters. The van der Waals surface area contributed by atoms with Gasteiger partial charge in [0.15, 0.2) is 0 Å². The molecule has 0 saturated carbocycles. The summed E-state index contributed by atoms with van der Waals surface area (Å²) in [6.07, 6.45) is 0.981. The Balaban J connectivity index is 0.00000264. The molecule has 0 spiro atoms. The van der Waals surface area contributed by atoms with Gasteiger partial charge in [-0.25, -0.2) is 0 Å². The summed E-state index contributed by atoms with van der Waals surface area (Å²) < 4.78 is 5.20. The Hall–Kier alpha value is -1.26. The Labute approximate surface area is 145 Å². The maximum absolute atomic E-state index is 12.7. The van der Waals surface area contributed by atoms with Gasteiger partial charge in [-0.1, -0.05) is 32.9 Å². The first-order valence-electron chi connectivity index (χ1n) is 7.94. The first-order valence-corrected chi connectivity index (χ1v) is 7.94. The van der Waals surface area contributed by atoms with Gasteiger partial charge >= 0.3 is 0 Å². The van der Waals surface area contributed by atoms with Gasteiger partial charge in [-0.05, 0) is 36.5 Å². The van der Waals surface area contributed by atoms with E-state index in [0.29, 0.717) is 5.92 Å². The fourth-order valence-corrected chi connectivity index (χ4v) is 3.00. The molecule has 0 radical (unpaired) electrons. The SMILES string of the molecule is COc1ccc(C2CC(C)N(C(=O)[C@@H](N)C(C)(C)C)C2)cc1.Cl. The summed E-state index contributed by atoms with van der Waals surface area (Å²) >= 11 is 0. The standard InChI is InChI=1S/C18H28N2O2.ClH/c1-12-10-14(13-6-8-15(22-5)9-7-13)11-20(12)17(21)16(19)18(2,3)4;/h6-9,12,14,16H,10-11,19H2,1-5H3;1H/t12?,14?,16-;/m1./s1. The molecule has 130 valence electrons. The van der Waals surface area contributed by atoms with Crippen molar-refractivity contribution in [1.82, 2.24) is 4.90 Å². The van der Waals surface area contributed by atoms with Crippen molar-refractivity contribution in [1.29, 1.82) is 0 Å². The van der Waals surface area contributed by atoms with Crippen molar-refractivity contribution >= 4 is 18.3 Å². The molecule has 0 aliphatic carbocycles. The highest BCUT2D eigenvalue weighted by molar-refractivity contribution is 5.85. The van der Waals surface area contributed by atoms with Gasteiger partial charge in [0.05, 0.1) is 13.2 Å². The van der Waals surface area contributed by atoms with E-state index < -0.39 is 6.04 Å². The van der Waals surface area contributed by atoms with Crippen molar-refractivity contribution in [2.45, 2.75) is 52.1 Å². The van der Waals surface area contributed by atoms with Gasteiger partial charge in [0.2, 0.25) is 5.91 Å². The van der Waals surface area contributed by atoms with Crippen LogP contribution in [-0.4, -0.2) is 36.5 Å². The first-order chi connectivity index (χ1) is 10.2. The minimum absolute atomic E-state index is 0. The average Bonchev–Trinajstić information content (AvgIpc) is 2.87. The van der Waals surface area contributed by atoms with E-state index in [4.69, 9.17) is 10.5 Å². The highest BCUT2D eigenvalue weighted by Crippen LogP contribution is 2.33. The van der Waals surface area contributed by atoms with Crippen LogP contribution < -0.4 is 10.5 Å². The highest BCUT2D eigenvalue weighted by atomic mass is 35.5. The van der Waals surface area contributed by atoms with Crippen molar-refractivity contribution in [3.8, 4) is 5.75 Å². The lowest BCUT2D eigenvalue weighted by Gasteiger charge is -2.32. The molecule has 5 heteroatoms. The maximum Gasteiger partial charge on any atom is 0.240 e. The Kier molecular flexibility index (Phi) is 6.49. The Morgan fingerprint density at radius 1 is 1.30 bits per heavy atom. The summed E-state index contributed by atoms with van der Waals surface area (Å²) in [6, 6.07) is 7.91. The van der Waals surface area contributed by atoms with Gasteiger partial charge in [-0.15, -0.1) is 12.4 Å². The summed E-state index contributed by atoms with van der Waals surface area (Å²) in [6.45, 7) is 8.89. The smallest absolute Gasteiger partial charge is 0.240 e. The third kappa shape index (κ3) is 4.39. The number of benzene rings is 1. The van der Waals surface area contributed by atoms with Crippen LogP contribution in [0.1, 0.15) is 45.6 Å². The molecule has 4 nitrogen and oxygen atoms in total. The second-order valence-corrected chi connectivity index (χ2v) is 7.39. The number of hydrogen-bond donors (Lipinski definition) is 1. The topological polar surface area (TPSA) is 55.6 Å². The fourth-order valence-electron chi connectivity index (χ4n) is 3.00. The predicted molar refractivity (Wildman–Crippen MR) is 96.2 cm³/mol. The van der Waals surface area contributed by atoms with Crippen molar-refractivity contribution in [2.75, 3.05) is 13.7 Å². The highest BCUT2D eigenvalue weighted by Gasteiger charge is 2.38. The van der Waals surface area contributed by atoms with Crippen LogP contribution in [0, 0.1) is 5.41 Å². The Bertz CT molecular complexity index is 525. The molecule has 3 atom stereocenters. The molecule has 1 fully saturated rings. The number of carbonyl (C=O) groups is 1. The van der Waals surface area contributed by atoms with Gasteiger partial charge < -0.3 is 15.4 Å². The molecular weight excluding hydrogens is 312 g/mol. The van der Waals surface area contributed by atoms with Gasteiger partial charge in [-0.3, -0.25) is 4.79 Å². The molecule has 1 aromatic rings. The minimum atomic E-state index is -0.454. The van der Waals surface area contributed by atoms with E-state index in [1.807, 2.05) is 37.8 Å². The molecule has 1 amide bonds. The van der Waals surface area contributed by atoms with Crippen LogP contribution in [0.2, 0.25) is 0 Å². The van der Waals surface area contributed by atoms with Crippen molar-refractivity contribution in [2.24, 2.45) is 11.1 Å². The molecule has 1 aliphatic heterocycles. The summed E-state index contributed by atoms with van der Waals surface area (Å²) in [5.41, 5.74) is 7.19. The number of ether oxygens (including phenoxy) is 1. The van der Waals surface area contributed by atoms with Crippen LogP contribution in [0.25, 0.3) is 0 Å². The van der Waals surface area contributed by atoms with E-state index in [1.54, 1.807) is 7.11 Å². The number of hydrogen-bond acceptors (Lipinski definition) is 3. The molecule has 0 aromatic heterocycles. The van der Waals surface area contributed by atoms with Crippen LogP contribution in [0.4, 0.5) is 0 Å². The third-order valence-electron chi connectivity index (χ3n) is 4.64. The van der Waals surface area contributed by atoms with Gasteiger partial charge in [-0.2, -0.15) is 0 Å². The zero-order valence-electron chi connectivity index (χ0n) is 14.7. The molecule has 2 N–H and O–H groups in total. The van der Waals surface area contributed by atoms with Gasteiger partial charge in [0, 0.05) is 18.5 Å². The van der Waals surface area contributed by atoms with E-state index in [-0.39, 0.29) is 29.8 Å². The second kappa shape index (κ2) is 7.54. The molecule has 23 heavy (non-hydrogen) atoms. The minimum Gasteiger partial charge on any atom is -0.497 e. The number of nitrogens with zero attached hydrogens (tertiary/aromatic N) is 1. The number of nitrogens with two attached hydrogens (primary N) is 1. The van der Waals surface area contributed by atoms with Crippen LogP contribution in [0.15, 0.2) is 24.3 Å². The monoisotopic (exact) mass is 340 g/mol. The summed E-state index contributed by atoms with van der Waals surface area (Å²) in [5.74, 6) is 1.30. The molecule has 1 heterocycles. The predicted octanol–water partition coefficient (Wildman–Crippen LogP) is 3.19. The van der Waals surface area contributed by atoms with E-state index in [0.717, 1.165) is 18.7 Å². The van der Waals surface area contributed by atoms with Crippen molar-refractivity contribution in [3.05, 3.63) is 29.8 Å². The van der Waals surface area contributed by atoms with Crippen LogP contribution in [-0.2, 0) is 4.79 Å². The Morgan fingerprint density at radius 2 is 1.87 bits per heavy atom. The van der Waals surface area contributed by atoms with Crippen LogP contribution in [0.5, 0.6) is 5.75 Å². The second-order valence-electron chi connectivity index (χ2n) is 7.39. The molecule has 1 saturated heterocycles. The largest absolute Gasteiger partial charge is 0.497 e. The normalized spacial score (nSPS) is 22.4. The number of rotatable bonds is 3. The van der Waals surface area contributed by atoms with E-state index >= 15 is 0 Å². The van der Waals surface area contributed by atoms with Crippen LogP contribution >= 0.6 is 12.4 Å². The summed E-state index contributed by atoms with van der Waals surface area (Å²) in [7, 11) is 1.67. The number of halogens is 1. The number of likely N-dealkylation sites (tertiary alicyclic amines) is 1. The number of methoxy groups -OCH3 is 1.